The summed E-state index contributed by atoms with van der Waals surface area (Å²) >= 11 is 0. The average molecular weight is 483 g/mol. The molecule has 0 saturated carbocycles. The maximum atomic E-state index is 12.6. The summed E-state index contributed by atoms with van der Waals surface area (Å²) in [6.07, 6.45) is 2.61. The van der Waals surface area contributed by atoms with Crippen LogP contribution in [0.25, 0.3) is 5.69 Å². The molecule has 0 aliphatic rings. The van der Waals surface area contributed by atoms with Crippen LogP contribution in [0.1, 0.15) is 28.1 Å². The number of aryl methyl sites for hydroxylation is 3. The largest absolute Gasteiger partial charge is 0.495 e. The van der Waals surface area contributed by atoms with Crippen molar-refractivity contribution >= 4 is 27.8 Å². The zero-order valence-corrected chi connectivity index (χ0v) is 21.1. The summed E-state index contributed by atoms with van der Waals surface area (Å²) in [6.45, 7) is 7.45. The molecule has 0 saturated heterocycles. The second kappa shape index (κ2) is 10.1. The summed E-state index contributed by atoms with van der Waals surface area (Å²) in [5.74, 6) is -0.214. The molecule has 0 radical (unpaired) electrons. The van der Waals surface area contributed by atoms with E-state index >= 15 is 0 Å². The van der Waals surface area contributed by atoms with E-state index in [-0.39, 0.29) is 0 Å². The lowest BCUT2D eigenvalue weighted by Crippen LogP contribution is -2.39. The van der Waals surface area contributed by atoms with Crippen molar-refractivity contribution in [1.29, 1.82) is 0 Å². The summed E-state index contributed by atoms with van der Waals surface area (Å²) in [5.41, 5.74) is 8.66. The molecule has 1 N–H and O–H groups in total. The predicted octanol–water partition coefficient (Wildman–Crippen LogP) is 3.64. The van der Waals surface area contributed by atoms with E-state index in [9.17, 15) is 13.2 Å². The summed E-state index contributed by atoms with van der Waals surface area (Å²) in [5, 5.41) is 4.07. The van der Waals surface area contributed by atoms with E-state index in [0.29, 0.717) is 11.4 Å². The lowest BCUT2D eigenvalue weighted by Gasteiger charge is -2.23. The zero-order valence-electron chi connectivity index (χ0n) is 20.3. The Kier molecular flexibility index (Phi) is 7.46. The van der Waals surface area contributed by atoms with Crippen LogP contribution in [-0.2, 0) is 14.8 Å². The van der Waals surface area contributed by atoms with E-state index in [1.807, 2.05) is 39.0 Å². The second-order valence-corrected chi connectivity index (χ2v) is 10.1. The van der Waals surface area contributed by atoms with Crippen molar-refractivity contribution in [3.63, 3.8) is 0 Å². The van der Waals surface area contributed by atoms with Gasteiger partial charge in [0.2, 0.25) is 10.0 Å². The van der Waals surface area contributed by atoms with Crippen LogP contribution in [0.4, 0.5) is 5.69 Å². The monoisotopic (exact) mass is 482 g/mol. The number of anilines is 1. The molecule has 8 nitrogen and oxygen atoms in total. The third kappa shape index (κ3) is 5.48. The van der Waals surface area contributed by atoms with Crippen LogP contribution >= 0.6 is 0 Å². The fourth-order valence-corrected chi connectivity index (χ4v) is 4.67. The van der Waals surface area contributed by atoms with Gasteiger partial charge in [-0.1, -0.05) is 24.3 Å². The molecule has 0 aliphatic carbocycles. The van der Waals surface area contributed by atoms with Gasteiger partial charge in [0.25, 0.3) is 5.91 Å². The number of aromatic nitrogens is 1. The molecule has 1 heterocycles. The Morgan fingerprint density at radius 1 is 1.12 bits per heavy atom. The normalized spacial score (nSPS) is 11.6. The highest BCUT2D eigenvalue weighted by Crippen LogP contribution is 2.30. The Morgan fingerprint density at radius 2 is 1.82 bits per heavy atom. The van der Waals surface area contributed by atoms with Gasteiger partial charge in [-0.15, -0.1) is 0 Å². The molecule has 1 amide bonds. The van der Waals surface area contributed by atoms with E-state index in [4.69, 9.17) is 4.74 Å². The fourth-order valence-electron chi connectivity index (χ4n) is 3.82. The van der Waals surface area contributed by atoms with Crippen LogP contribution in [0, 0.1) is 27.7 Å². The first-order valence-corrected chi connectivity index (χ1v) is 12.6. The van der Waals surface area contributed by atoms with E-state index < -0.39 is 22.5 Å². The van der Waals surface area contributed by atoms with Gasteiger partial charge < -0.3 is 9.30 Å². The molecular formula is C25H30N4O4S. The number of nitrogens with one attached hydrogen (secondary N) is 1. The van der Waals surface area contributed by atoms with Crippen molar-refractivity contribution in [3.8, 4) is 11.4 Å². The van der Waals surface area contributed by atoms with Gasteiger partial charge in [0.15, 0.2) is 0 Å². The maximum absolute atomic E-state index is 12.6. The number of nitrogens with zero attached hydrogens (tertiary/aromatic N) is 3. The minimum atomic E-state index is -3.75. The zero-order chi connectivity index (χ0) is 25.0. The molecule has 0 atom stereocenters. The number of ether oxygens (including phenoxy) is 1. The Hall–Kier alpha value is -3.59. The van der Waals surface area contributed by atoms with Crippen molar-refractivity contribution in [2.75, 3.05) is 24.2 Å². The highest BCUT2D eigenvalue weighted by atomic mass is 32.2. The fraction of sp³-hybridized carbons (Fsp3) is 0.280. The number of carbonyl (C=O) groups is 1. The quantitative estimate of drug-likeness (QED) is 0.392. The van der Waals surface area contributed by atoms with Gasteiger partial charge >= 0.3 is 0 Å². The number of methoxy groups -OCH3 is 1. The minimum Gasteiger partial charge on any atom is -0.495 e. The van der Waals surface area contributed by atoms with Crippen LogP contribution in [0.5, 0.6) is 5.75 Å². The third-order valence-electron chi connectivity index (χ3n) is 5.51. The number of hydrogen-bond donors (Lipinski definition) is 1. The van der Waals surface area contributed by atoms with Gasteiger partial charge in [-0.3, -0.25) is 9.10 Å². The van der Waals surface area contributed by atoms with Crippen LogP contribution in [0.15, 0.2) is 53.6 Å². The SMILES string of the molecule is COc1ccc(C)cc1N(CC(=O)NN=Cc1cc(C)n(-c2ccccc2C)c1C)S(C)(=O)=O. The standard InChI is InChI=1S/C25H30N4O4S/c1-17-11-12-24(33-5)23(13-17)28(34(6,31)32)16-25(30)27-26-15-21-14-19(3)29(20(21)4)22-10-8-7-9-18(22)2/h7-15H,16H2,1-6H3,(H,27,30). The van der Waals surface area contributed by atoms with Crippen molar-refractivity contribution in [2.24, 2.45) is 5.10 Å². The molecule has 3 aromatic rings. The van der Waals surface area contributed by atoms with Crippen LogP contribution < -0.4 is 14.5 Å². The second-order valence-electron chi connectivity index (χ2n) is 8.19. The van der Waals surface area contributed by atoms with E-state index in [2.05, 4.69) is 34.2 Å². The lowest BCUT2D eigenvalue weighted by atomic mass is 10.2. The van der Waals surface area contributed by atoms with Gasteiger partial charge in [0, 0.05) is 22.6 Å². The highest BCUT2D eigenvalue weighted by molar-refractivity contribution is 7.92. The van der Waals surface area contributed by atoms with Crippen LogP contribution in [-0.4, -0.2) is 45.0 Å². The molecule has 0 unspecified atom stereocenters. The Balaban J connectivity index is 1.79. The van der Waals surface area contributed by atoms with E-state index in [0.717, 1.165) is 44.3 Å². The number of rotatable bonds is 8. The molecule has 3 rings (SSSR count). The highest BCUT2D eigenvalue weighted by Gasteiger charge is 2.24. The number of carbonyl (C=O) groups excluding carboxylic acids is 1. The Bertz CT molecular complexity index is 1340. The summed E-state index contributed by atoms with van der Waals surface area (Å²) < 4.78 is 33.3. The van der Waals surface area contributed by atoms with Crippen molar-refractivity contribution < 1.29 is 17.9 Å². The number of para-hydroxylation sites is 1. The van der Waals surface area contributed by atoms with Crippen molar-refractivity contribution in [3.05, 3.63) is 76.6 Å². The van der Waals surface area contributed by atoms with Crippen molar-refractivity contribution in [1.82, 2.24) is 9.99 Å². The minimum absolute atomic E-state index is 0.297. The molecule has 9 heteroatoms. The van der Waals surface area contributed by atoms with Gasteiger partial charge in [0.05, 0.1) is 25.3 Å². The van der Waals surface area contributed by atoms with Crippen LogP contribution in [0.2, 0.25) is 0 Å². The van der Waals surface area contributed by atoms with Gasteiger partial charge in [-0.2, -0.15) is 5.10 Å². The molecule has 0 fully saturated rings. The van der Waals surface area contributed by atoms with Gasteiger partial charge in [0.1, 0.15) is 12.3 Å². The number of amides is 1. The molecule has 0 spiro atoms. The first kappa shape index (κ1) is 25.0. The van der Waals surface area contributed by atoms with Crippen LogP contribution in [0.3, 0.4) is 0 Å². The number of hydrazone groups is 1. The topological polar surface area (TPSA) is 93.0 Å². The molecule has 34 heavy (non-hydrogen) atoms. The number of sulfonamides is 1. The summed E-state index contributed by atoms with van der Waals surface area (Å²) in [6, 6.07) is 15.2. The average Bonchev–Trinajstić information content (AvgIpc) is 3.04. The number of benzene rings is 2. The van der Waals surface area contributed by atoms with E-state index in [1.54, 1.807) is 24.4 Å². The molecule has 0 aliphatic heterocycles. The van der Waals surface area contributed by atoms with Crippen molar-refractivity contribution in [2.45, 2.75) is 27.7 Å². The first-order valence-electron chi connectivity index (χ1n) is 10.7. The summed E-state index contributed by atoms with van der Waals surface area (Å²) in [4.78, 5) is 12.6. The first-order chi connectivity index (χ1) is 16.0. The van der Waals surface area contributed by atoms with Gasteiger partial charge in [-0.25, -0.2) is 13.8 Å². The Morgan fingerprint density at radius 3 is 2.47 bits per heavy atom. The molecular weight excluding hydrogens is 452 g/mol. The maximum Gasteiger partial charge on any atom is 0.260 e. The smallest absolute Gasteiger partial charge is 0.260 e. The predicted molar refractivity (Wildman–Crippen MR) is 136 cm³/mol. The molecule has 2 aromatic carbocycles. The van der Waals surface area contributed by atoms with Gasteiger partial charge in [-0.05, 0) is 63.1 Å². The third-order valence-corrected chi connectivity index (χ3v) is 6.64. The number of hydrogen-bond acceptors (Lipinski definition) is 5. The Labute approximate surface area is 200 Å². The molecule has 0 bridgehead atoms. The van der Waals surface area contributed by atoms with E-state index in [1.165, 1.54) is 7.11 Å². The molecule has 1 aromatic heterocycles. The lowest BCUT2D eigenvalue weighted by molar-refractivity contribution is -0.119. The summed E-state index contributed by atoms with van der Waals surface area (Å²) in [7, 11) is -2.30. The molecule has 180 valence electrons.